The molecule has 3 N–H and O–H groups in total. The Labute approximate surface area is 125 Å². The summed E-state index contributed by atoms with van der Waals surface area (Å²) in [7, 11) is 0. The van der Waals surface area contributed by atoms with E-state index in [1.165, 1.54) is 12.1 Å². The second kappa shape index (κ2) is 6.62. The molecule has 2 aromatic carbocycles. The third-order valence-electron chi connectivity index (χ3n) is 3.21. The molecule has 0 bridgehead atoms. The molecule has 0 saturated carbocycles. The number of hydrogen-bond acceptors (Lipinski definition) is 2. The molecule has 0 radical (unpaired) electrons. The van der Waals surface area contributed by atoms with Crippen molar-refractivity contribution >= 4 is 5.91 Å². The van der Waals surface area contributed by atoms with Crippen molar-refractivity contribution in [1.82, 2.24) is 5.32 Å². The molecular weight excluding hydrogens is 293 g/mol. The molecule has 0 aromatic heterocycles. The van der Waals surface area contributed by atoms with Gasteiger partial charge in [0.1, 0.15) is 6.04 Å². The van der Waals surface area contributed by atoms with Gasteiger partial charge in [-0.05, 0) is 23.3 Å². The Hall–Kier alpha value is -2.34. The van der Waals surface area contributed by atoms with Crippen molar-refractivity contribution in [2.75, 3.05) is 0 Å². The van der Waals surface area contributed by atoms with Crippen LogP contribution in [0.1, 0.15) is 22.7 Å². The quantitative estimate of drug-likeness (QED) is 0.892. The first-order valence-electron chi connectivity index (χ1n) is 6.61. The highest BCUT2D eigenvalue weighted by atomic mass is 19.4. The van der Waals surface area contributed by atoms with Crippen molar-refractivity contribution < 1.29 is 18.0 Å². The summed E-state index contributed by atoms with van der Waals surface area (Å²) in [4.78, 5) is 11.5. The summed E-state index contributed by atoms with van der Waals surface area (Å²) in [5.41, 5.74) is 6.01. The second-order valence-corrected chi connectivity index (χ2v) is 4.82. The average molecular weight is 308 g/mol. The van der Waals surface area contributed by atoms with Crippen LogP contribution < -0.4 is 11.1 Å². The van der Waals surface area contributed by atoms with Crippen LogP contribution in [0.5, 0.6) is 0 Å². The fourth-order valence-electron chi connectivity index (χ4n) is 2.06. The smallest absolute Gasteiger partial charge is 0.368 e. The van der Waals surface area contributed by atoms with Crippen LogP contribution in [0.3, 0.4) is 0 Å². The third-order valence-corrected chi connectivity index (χ3v) is 3.21. The predicted octanol–water partition coefficient (Wildman–Crippen LogP) is 3.02. The predicted molar refractivity (Wildman–Crippen MR) is 76.7 cm³/mol. The molecule has 2 rings (SSSR count). The lowest BCUT2D eigenvalue weighted by atomic mass is 10.1. The van der Waals surface area contributed by atoms with Gasteiger partial charge in [-0.1, -0.05) is 42.5 Å². The van der Waals surface area contributed by atoms with Gasteiger partial charge in [0, 0.05) is 6.54 Å². The van der Waals surface area contributed by atoms with E-state index in [2.05, 4.69) is 5.32 Å². The van der Waals surface area contributed by atoms with E-state index in [1.54, 1.807) is 24.3 Å². The maximum absolute atomic E-state index is 12.5. The molecule has 1 atom stereocenters. The van der Waals surface area contributed by atoms with Crippen LogP contribution in [0, 0.1) is 0 Å². The number of halogens is 3. The molecule has 0 spiro atoms. The summed E-state index contributed by atoms with van der Waals surface area (Å²) in [5, 5.41) is 2.95. The first kappa shape index (κ1) is 16.0. The monoisotopic (exact) mass is 308 g/mol. The maximum Gasteiger partial charge on any atom is 0.416 e. The Bertz CT molecular complexity index is 624. The number of primary amides is 1. The second-order valence-electron chi connectivity index (χ2n) is 4.82. The summed E-state index contributed by atoms with van der Waals surface area (Å²) < 4.78 is 37.5. The van der Waals surface area contributed by atoms with Gasteiger partial charge in [0.15, 0.2) is 0 Å². The van der Waals surface area contributed by atoms with Gasteiger partial charge in [-0.3, -0.25) is 10.1 Å². The van der Waals surface area contributed by atoms with Crippen LogP contribution in [-0.4, -0.2) is 5.91 Å². The Balaban J connectivity index is 2.06. The summed E-state index contributed by atoms with van der Waals surface area (Å²) in [5.74, 6) is -0.543. The largest absolute Gasteiger partial charge is 0.416 e. The SMILES string of the molecule is NC(=O)[C@@H](NCc1ccc(C(F)(F)F)cc1)c1ccccc1. The van der Waals surface area contributed by atoms with Crippen molar-refractivity contribution in [3.05, 3.63) is 71.3 Å². The number of alkyl halides is 3. The lowest BCUT2D eigenvalue weighted by Crippen LogP contribution is -2.33. The van der Waals surface area contributed by atoms with Gasteiger partial charge in [0.25, 0.3) is 0 Å². The van der Waals surface area contributed by atoms with E-state index in [9.17, 15) is 18.0 Å². The normalized spacial score (nSPS) is 12.9. The molecule has 116 valence electrons. The maximum atomic E-state index is 12.5. The summed E-state index contributed by atoms with van der Waals surface area (Å²) in [6.07, 6.45) is -4.36. The van der Waals surface area contributed by atoms with Crippen molar-refractivity contribution in [3.63, 3.8) is 0 Å². The van der Waals surface area contributed by atoms with E-state index in [0.29, 0.717) is 11.1 Å². The first-order chi connectivity index (χ1) is 10.4. The van der Waals surface area contributed by atoms with E-state index in [0.717, 1.165) is 12.1 Å². The Morgan fingerprint density at radius 2 is 1.64 bits per heavy atom. The van der Waals surface area contributed by atoms with Crippen molar-refractivity contribution in [1.29, 1.82) is 0 Å². The number of carbonyl (C=O) groups is 1. The molecule has 6 heteroatoms. The number of nitrogens with two attached hydrogens (primary N) is 1. The molecule has 1 amide bonds. The molecule has 0 fully saturated rings. The number of benzene rings is 2. The van der Waals surface area contributed by atoms with Gasteiger partial charge >= 0.3 is 6.18 Å². The molecule has 0 unspecified atom stereocenters. The zero-order valence-corrected chi connectivity index (χ0v) is 11.6. The van der Waals surface area contributed by atoms with Gasteiger partial charge in [-0.25, -0.2) is 0 Å². The molecule has 0 heterocycles. The average Bonchev–Trinajstić information content (AvgIpc) is 2.48. The number of hydrogen-bond donors (Lipinski definition) is 2. The van der Waals surface area contributed by atoms with Crippen LogP contribution in [0.2, 0.25) is 0 Å². The Morgan fingerprint density at radius 1 is 1.05 bits per heavy atom. The zero-order chi connectivity index (χ0) is 16.2. The summed E-state index contributed by atoms with van der Waals surface area (Å²) in [6.45, 7) is 0.237. The standard InChI is InChI=1S/C16H15F3N2O/c17-16(18,19)13-8-6-11(7-9-13)10-21-14(15(20)22)12-4-2-1-3-5-12/h1-9,14,21H,10H2,(H2,20,22)/t14-/m0/s1. The molecule has 0 saturated heterocycles. The summed E-state index contributed by atoms with van der Waals surface area (Å²) >= 11 is 0. The zero-order valence-electron chi connectivity index (χ0n) is 11.6. The lowest BCUT2D eigenvalue weighted by Gasteiger charge is -2.16. The third kappa shape index (κ3) is 4.08. The minimum absolute atomic E-state index is 0.237. The molecule has 2 aromatic rings. The number of amides is 1. The van der Waals surface area contributed by atoms with E-state index in [4.69, 9.17) is 5.73 Å². The van der Waals surface area contributed by atoms with Crippen LogP contribution in [0.15, 0.2) is 54.6 Å². The molecule has 22 heavy (non-hydrogen) atoms. The van der Waals surface area contributed by atoms with Gasteiger partial charge in [-0.15, -0.1) is 0 Å². The van der Waals surface area contributed by atoms with Crippen LogP contribution >= 0.6 is 0 Å². The molecule has 0 aliphatic heterocycles. The van der Waals surface area contributed by atoms with Crippen molar-refractivity contribution in [2.45, 2.75) is 18.8 Å². The molecule has 0 aliphatic carbocycles. The van der Waals surface area contributed by atoms with Gasteiger partial charge in [-0.2, -0.15) is 13.2 Å². The van der Waals surface area contributed by atoms with E-state index in [-0.39, 0.29) is 6.54 Å². The number of carbonyl (C=O) groups excluding carboxylic acids is 1. The van der Waals surface area contributed by atoms with E-state index in [1.807, 2.05) is 6.07 Å². The lowest BCUT2D eigenvalue weighted by molar-refractivity contribution is -0.137. The fourth-order valence-corrected chi connectivity index (χ4v) is 2.06. The van der Waals surface area contributed by atoms with Gasteiger partial charge in [0.2, 0.25) is 5.91 Å². The van der Waals surface area contributed by atoms with Crippen molar-refractivity contribution in [2.24, 2.45) is 5.73 Å². The highest BCUT2D eigenvalue weighted by molar-refractivity contribution is 5.81. The molecule has 0 aliphatic rings. The van der Waals surface area contributed by atoms with Gasteiger partial charge in [0.05, 0.1) is 5.56 Å². The first-order valence-corrected chi connectivity index (χ1v) is 6.61. The number of nitrogens with one attached hydrogen (secondary N) is 1. The van der Waals surface area contributed by atoms with Crippen LogP contribution in [0.25, 0.3) is 0 Å². The minimum Gasteiger partial charge on any atom is -0.368 e. The topological polar surface area (TPSA) is 55.1 Å². The highest BCUT2D eigenvalue weighted by Crippen LogP contribution is 2.29. The van der Waals surface area contributed by atoms with E-state index >= 15 is 0 Å². The van der Waals surface area contributed by atoms with Crippen molar-refractivity contribution in [3.8, 4) is 0 Å². The Morgan fingerprint density at radius 3 is 2.14 bits per heavy atom. The highest BCUT2D eigenvalue weighted by Gasteiger charge is 2.29. The number of rotatable bonds is 5. The Kier molecular flexibility index (Phi) is 4.82. The van der Waals surface area contributed by atoms with Crippen LogP contribution in [-0.2, 0) is 17.5 Å². The van der Waals surface area contributed by atoms with Crippen LogP contribution in [0.4, 0.5) is 13.2 Å². The molecular formula is C16H15F3N2O. The minimum atomic E-state index is -4.36. The fraction of sp³-hybridized carbons (Fsp3) is 0.188. The summed E-state index contributed by atoms with van der Waals surface area (Å²) in [6, 6.07) is 13.0. The van der Waals surface area contributed by atoms with Gasteiger partial charge < -0.3 is 5.73 Å². The molecule has 3 nitrogen and oxygen atoms in total. The van der Waals surface area contributed by atoms with E-state index < -0.39 is 23.7 Å².